The molecule has 0 heterocycles. The zero-order chi connectivity index (χ0) is 13.8. The largest absolute Gasteiger partial charge is 0.379 e. The maximum atomic E-state index is 13.0. The Labute approximate surface area is 116 Å². The van der Waals surface area contributed by atoms with Crippen LogP contribution < -0.4 is 11.3 Å². The molecule has 5 heteroatoms. The van der Waals surface area contributed by atoms with Gasteiger partial charge in [-0.05, 0) is 44.4 Å². The van der Waals surface area contributed by atoms with Crippen LogP contribution in [0.1, 0.15) is 25.8 Å². The molecule has 0 amide bonds. The summed E-state index contributed by atoms with van der Waals surface area (Å²) in [5.74, 6) is 5.32. The lowest BCUT2D eigenvalue weighted by Crippen LogP contribution is -2.42. The molecule has 0 aliphatic rings. The summed E-state index contributed by atoms with van der Waals surface area (Å²) in [6.07, 6.45) is 1.48. The lowest BCUT2D eigenvalue weighted by atomic mass is 9.94. The van der Waals surface area contributed by atoms with Gasteiger partial charge in [-0.3, -0.25) is 11.3 Å². The highest BCUT2D eigenvalue weighted by atomic mass is 79.9. The molecule has 0 saturated heterocycles. The van der Waals surface area contributed by atoms with Crippen molar-refractivity contribution in [2.45, 2.75) is 38.3 Å². The van der Waals surface area contributed by atoms with Gasteiger partial charge in [0.25, 0.3) is 0 Å². The number of rotatable bonds is 6. The van der Waals surface area contributed by atoms with E-state index in [4.69, 9.17) is 10.6 Å². The summed E-state index contributed by atoms with van der Waals surface area (Å²) < 4.78 is 19.2. The van der Waals surface area contributed by atoms with E-state index < -0.39 is 0 Å². The molecule has 0 bridgehead atoms. The quantitative estimate of drug-likeness (QED) is 0.626. The van der Waals surface area contributed by atoms with Gasteiger partial charge in [-0.2, -0.15) is 0 Å². The molecule has 0 aromatic heterocycles. The number of ether oxygens (including phenoxy) is 1. The van der Waals surface area contributed by atoms with E-state index in [0.29, 0.717) is 6.42 Å². The zero-order valence-electron chi connectivity index (χ0n) is 11.0. The molecular formula is C13H20BrFN2O. The average Bonchev–Trinajstić information content (AvgIpc) is 2.31. The number of nitrogens with two attached hydrogens (primary N) is 1. The fraction of sp³-hybridized carbons (Fsp3) is 0.538. The van der Waals surface area contributed by atoms with E-state index >= 15 is 0 Å². The zero-order valence-corrected chi connectivity index (χ0v) is 12.6. The smallest absolute Gasteiger partial charge is 0.124 e. The third kappa shape index (κ3) is 4.65. The van der Waals surface area contributed by atoms with E-state index in [1.165, 1.54) is 12.1 Å². The number of nitrogens with one attached hydrogen (secondary N) is 1. The van der Waals surface area contributed by atoms with E-state index in [2.05, 4.69) is 21.4 Å². The Morgan fingerprint density at radius 1 is 1.50 bits per heavy atom. The lowest BCUT2D eigenvalue weighted by molar-refractivity contribution is 0.00709. The van der Waals surface area contributed by atoms with Gasteiger partial charge in [-0.1, -0.05) is 22.0 Å². The van der Waals surface area contributed by atoms with Gasteiger partial charge < -0.3 is 4.74 Å². The Bertz CT molecular complexity index is 399. The second-order valence-corrected chi connectivity index (χ2v) is 5.83. The summed E-state index contributed by atoms with van der Waals surface area (Å²) in [6, 6.07) is 4.75. The van der Waals surface area contributed by atoms with Crippen LogP contribution in [0, 0.1) is 5.82 Å². The van der Waals surface area contributed by atoms with Crippen molar-refractivity contribution in [3.05, 3.63) is 34.1 Å². The molecule has 102 valence electrons. The standard InChI is InChI=1S/C13H20BrFN2O/c1-13(2,18-3)8-11(17-16)6-9-4-5-10(15)7-12(9)14/h4-5,7,11,17H,6,8,16H2,1-3H3. The van der Waals surface area contributed by atoms with Gasteiger partial charge in [-0.15, -0.1) is 0 Å². The highest BCUT2D eigenvalue weighted by molar-refractivity contribution is 9.10. The number of benzene rings is 1. The Hall–Kier alpha value is -0.490. The van der Waals surface area contributed by atoms with Gasteiger partial charge in [0.05, 0.1) is 5.60 Å². The van der Waals surface area contributed by atoms with Crippen molar-refractivity contribution in [2.75, 3.05) is 7.11 Å². The van der Waals surface area contributed by atoms with Crippen LogP contribution in [0.2, 0.25) is 0 Å². The first-order valence-corrected chi connectivity index (χ1v) is 6.62. The molecule has 1 aromatic carbocycles. The SMILES string of the molecule is COC(C)(C)CC(Cc1ccc(F)cc1Br)NN. The van der Waals surface area contributed by atoms with Crippen LogP contribution in [0.3, 0.4) is 0 Å². The van der Waals surface area contributed by atoms with Crippen molar-refractivity contribution in [2.24, 2.45) is 5.84 Å². The van der Waals surface area contributed by atoms with E-state index in [1.54, 1.807) is 13.2 Å². The number of halogens is 2. The van der Waals surface area contributed by atoms with Crippen molar-refractivity contribution in [3.8, 4) is 0 Å². The summed E-state index contributed by atoms with van der Waals surface area (Å²) in [4.78, 5) is 0. The predicted octanol–water partition coefficient (Wildman–Crippen LogP) is 2.78. The molecule has 3 nitrogen and oxygen atoms in total. The Morgan fingerprint density at radius 2 is 2.17 bits per heavy atom. The summed E-state index contributed by atoms with van der Waals surface area (Å²) in [6.45, 7) is 4.02. The minimum atomic E-state index is -0.250. The lowest BCUT2D eigenvalue weighted by Gasteiger charge is -2.28. The number of hydrazine groups is 1. The monoisotopic (exact) mass is 318 g/mol. The predicted molar refractivity (Wildman–Crippen MR) is 74.6 cm³/mol. The third-order valence-electron chi connectivity index (χ3n) is 3.01. The molecular weight excluding hydrogens is 299 g/mol. The van der Waals surface area contributed by atoms with Crippen LogP contribution in [0.25, 0.3) is 0 Å². The van der Waals surface area contributed by atoms with Gasteiger partial charge in [-0.25, -0.2) is 4.39 Å². The number of hydrogen-bond donors (Lipinski definition) is 2. The van der Waals surface area contributed by atoms with Crippen LogP contribution in [-0.2, 0) is 11.2 Å². The van der Waals surface area contributed by atoms with Crippen LogP contribution in [0.5, 0.6) is 0 Å². The van der Waals surface area contributed by atoms with E-state index in [9.17, 15) is 4.39 Å². The molecule has 0 aliphatic carbocycles. The first-order chi connectivity index (χ1) is 8.38. The third-order valence-corrected chi connectivity index (χ3v) is 3.75. The summed E-state index contributed by atoms with van der Waals surface area (Å²) in [5.41, 5.74) is 3.56. The van der Waals surface area contributed by atoms with E-state index in [-0.39, 0.29) is 17.5 Å². The maximum Gasteiger partial charge on any atom is 0.124 e. The summed E-state index contributed by atoms with van der Waals surface area (Å²) in [7, 11) is 1.68. The first kappa shape index (κ1) is 15.6. The highest BCUT2D eigenvalue weighted by Gasteiger charge is 2.22. The molecule has 1 atom stereocenters. The Kier molecular flexibility index (Phi) is 5.72. The maximum absolute atomic E-state index is 13.0. The van der Waals surface area contributed by atoms with Crippen LogP contribution in [-0.4, -0.2) is 18.8 Å². The van der Waals surface area contributed by atoms with Crippen molar-refractivity contribution in [1.29, 1.82) is 0 Å². The second kappa shape index (κ2) is 6.61. The fourth-order valence-corrected chi connectivity index (χ4v) is 2.33. The minimum Gasteiger partial charge on any atom is -0.379 e. The first-order valence-electron chi connectivity index (χ1n) is 5.83. The van der Waals surface area contributed by atoms with Crippen molar-refractivity contribution in [1.82, 2.24) is 5.43 Å². The summed E-state index contributed by atoms with van der Waals surface area (Å²) in [5, 5.41) is 0. The number of methoxy groups -OCH3 is 1. The van der Waals surface area contributed by atoms with Crippen LogP contribution in [0.4, 0.5) is 4.39 Å². The van der Waals surface area contributed by atoms with Gasteiger partial charge >= 0.3 is 0 Å². The molecule has 1 rings (SSSR count). The molecule has 18 heavy (non-hydrogen) atoms. The van der Waals surface area contributed by atoms with Crippen molar-refractivity contribution in [3.63, 3.8) is 0 Å². The van der Waals surface area contributed by atoms with Gasteiger partial charge in [0.1, 0.15) is 5.82 Å². The molecule has 0 spiro atoms. The van der Waals surface area contributed by atoms with Gasteiger partial charge in [0.2, 0.25) is 0 Å². The molecule has 0 aliphatic heterocycles. The normalized spacial score (nSPS) is 13.7. The molecule has 0 fully saturated rings. The minimum absolute atomic E-state index is 0.0710. The Morgan fingerprint density at radius 3 is 2.67 bits per heavy atom. The highest BCUT2D eigenvalue weighted by Crippen LogP contribution is 2.23. The Balaban J connectivity index is 2.74. The molecule has 1 aromatic rings. The van der Waals surface area contributed by atoms with Crippen LogP contribution in [0.15, 0.2) is 22.7 Å². The molecule has 3 N–H and O–H groups in total. The second-order valence-electron chi connectivity index (χ2n) is 4.97. The average molecular weight is 319 g/mol. The fourth-order valence-electron chi connectivity index (χ4n) is 1.82. The van der Waals surface area contributed by atoms with Crippen LogP contribution >= 0.6 is 15.9 Å². The van der Waals surface area contributed by atoms with Crippen molar-refractivity contribution >= 4 is 15.9 Å². The van der Waals surface area contributed by atoms with E-state index in [0.717, 1.165) is 16.5 Å². The van der Waals surface area contributed by atoms with Gasteiger partial charge in [0, 0.05) is 17.6 Å². The molecule has 0 saturated carbocycles. The topological polar surface area (TPSA) is 47.3 Å². The molecule has 0 radical (unpaired) electrons. The van der Waals surface area contributed by atoms with Gasteiger partial charge in [0.15, 0.2) is 0 Å². The van der Waals surface area contributed by atoms with E-state index in [1.807, 2.05) is 13.8 Å². The van der Waals surface area contributed by atoms with Crippen molar-refractivity contribution < 1.29 is 9.13 Å². The molecule has 1 unspecified atom stereocenters. The summed E-state index contributed by atoms with van der Waals surface area (Å²) >= 11 is 3.36. The number of hydrogen-bond acceptors (Lipinski definition) is 3.